The van der Waals surface area contributed by atoms with Crippen LogP contribution in [-0.2, 0) is 23.2 Å². The predicted molar refractivity (Wildman–Crippen MR) is 122 cm³/mol. The lowest BCUT2D eigenvalue weighted by atomic mass is 9.83. The first-order valence-electron chi connectivity index (χ1n) is 10.5. The molecule has 6 heteroatoms. The average Bonchev–Trinajstić information content (AvgIpc) is 3.55. The van der Waals surface area contributed by atoms with Gasteiger partial charge in [0.25, 0.3) is 5.91 Å². The molecule has 3 aromatic rings. The lowest BCUT2D eigenvalue weighted by Crippen LogP contribution is -2.37. The number of anilines is 1. The predicted octanol–water partition coefficient (Wildman–Crippen LogP) is 5.46. The van der Waals surface area contributed by atoms with Gasteiger partial charge in [-0.3, -0.25) is 9.59 Å². The monoisotopic (exact) mass is 436 g/mol. The third kappa shape index (κ3) is 3.48. The van der Waals surface area contributed by atoms with Crippen LogP contribution in [0.15, 0.2) is 53.2 Å². The Bertz CT molecular complexity index is 1050. The van der Waals surface area contributed by atoms with Gasteiger partial charge in [0.05, 0.1) is 10.3 Å². The molecule has 0 unspecified atom stereocenters. The number of thiophene rings is 2. The molecular formula is C24H24N2O2S2. The summed E-state index contributed by atoms with van der Waals surface area (Å²) >= 11 is 3.16. The molecule has 2 aromatic heterocycles. The first-order chi connectivity index (χ1) is 14.7. The minimum atomic E-state index is -0.398. The van der Waals surface area contributed by atoms with Crippen LogP contribution in [0.1, 0.15) is 51.4 Å². The zero-order chi connectivity index (χ0) is 20.6. The van der Waals surface area contributed by atoms with E-state index in [1.165, 1.54) is 21.8 Å². The highest BCUT2D eigenvalue weighted by molar-refractivity contribution is 7.12. The molecule has 5 rings (SSSR count). The van der Waals surface area contributed by atoms with Crippen molar-refractivity contribution in [2.45, 2.75) is 44.1 Å². The molecule has 0 bridgehead atoms. The van der Waals surface area contributed by atoms with Gasteiger partial charge >= 0.3 is 0 Å². The molecule has 4 nitrogen and oxygen atoms in total. The Labute approximate surface area is 184 Å². The van der Waals surface area contributed by atoms with E-state index in [9.17, 15) is 9.59 Å². The average molecular weight is 437 g/mol. The van der Waals surface area contributed by atoms with E-state index in [0.29, 0.717) is 6.54 Å². The van der Waals surface area contributed by atoms with E-state index in [1.807, 2.05) is 34.5 Å². The molecule has 1 N–H and O–H groups in total. The number of rotatable bonds is 4. The fourth-order valence-electron chi connectivity index (χ4n) is 4.73. The zero-order valence-corrected chi connectivity index (χ0v) is 18.4. The highest BCUT2D eigenvalue weighted by atomic mass is 32.1. The Morgan fingerprint density at radius 3 is 2.50 bits per heavy atom. The molecule has 1 saturated carbocycles. The van der Waals surface area contributed by atoms with Crippen molar-refractivity contribution in [3.05, 3.63) is 74.1 Å². The molecule has 1 aromatic carbocycles. The minimum Gasteiger partial charge on any atom is -0.333 e. The van der Waals surface area contributed by atoms with Gasteiger partial charge in [0, 0.05) is 23.7 Å². The van der Waals surface area contributed by atoms with E-state index >= 15 is 0 Å². The summed E-state index contributed by atoms with van der Waals surface area (Å²) in [5, 5.41) is 7.19. The quantitative estimate of drug-likeness (QED) is 0.590. The van der Waals surface area contributed by atoms with Crippen molar-refractivity contribution in [1.29, 1.82) is 0 Å². The van der Waals surface area contributed by atoms with Crippen LogP contribution < -0.4 is 5.32 Å². The van der Waals surface area contributed by atoms with Gasteiger partial charge < -0.3 is 10.2 Å². The smallest absolute Gasteiger partial charge is 0.264 e. The molecule has 2 amide bonds. The van der Waals surface area contributed by atoms with Gasteiger partial charge in [-0.15, -0.1) is 22.7 Å². The summed E-state index contributed by atoms with van der Waals surface area (Å²) in [4.78, 5) is 30.0. The number of hydrogen-bond acceptors (Lipinski definition) is 4. The summed E-state index contributed by atoms with van der Waals surface area (Å²) in [7, 11) is 0. The van der Waals surface area contributed by atoms with Crippen molar-refractivity contribution in [1.82, 2.24) is 4.90 Å². The molecule has 1 aliphatic carbocycles. The Morgan fingerprint density at radius 1 is 0.967 bits per heavy atom. The van der Waals surface area contributed by atoms with Crippen molar-refractivity contribution < 1.29 is 9.59 Å². The van der Waals surface area contributed by atoms with Crippen LogP contribution >= 0.6 is 22.7 Å². The van der Waals surface area contributed by atoms with E-state index in [-0.39, 0.29) is 11.8 Å². The van der Waals surface area contributed by atoms with E-state index in [1.54, 1.807) is 11.3 Å². The lowest BCUT2D eigenvalue weighted by Gasteiger charge is -2.30. The van der Waals surface area contributed by atoms with Gasteiger partial charge in [0.1, 0.15) is 0 Å². The van der Waals surface area contributed by atoms with Gasteiger partial charge in [0.2, 0.25) is 5.91 Å². The van der Waals surface area contributed by atoms with Gasteiger partial charge in [-0.1, -0.05) is 31.0 Å². The summed E-state index contributed by atoms with van der Waals surface area (Å²) < 4.78 is 0. The Morgan fingerprint density at radius 2 is 1.77 bits per heavy atom. The standard InChI is InChI=1S/C24H24N2O2S2/c27-22(20-5-3-13-29-20)26-12-9-17-7-8-19(15-18(17)16-26)25-23(28)24(10-1-2-11-24)21-6-4-14-30-21/h3-8,13-15H,1-2,9-12,16H2,(H,25,28). The van der Waals surface area contributed by atoms with E-state index in [0.717, 1.165) is 54.8 Å². The number of benzene rings is 1. The maximum absolute atomic E-state index is 13.4. The third-order valence-electron chi connectivity index (χ3n) is 6.38. The molecule has 0 saturated heterocycles. The van der Waals surface area contributed by atoms with Gasteiger partial charge in [0.15, 0.2) is 0 Å². The van der Waals surface area contributed by atoms with Crippen molar-refractivity contribution in [2.75, 3.05) is 11.9 Å². The highest BCUT2D eigenvalue weighted by Crippen LogP contribution is 2.44. The highest BCUT2D eigenvalue weighted by Gasteiger charge is 2.43. The second-order valence-corrected chi connectivity index (χ2v) is 10.1. The van der Waals surface area contributed by atoms with Crippen molar-refractivity contribution in [3.8, 4) is 0 Å². The fraction of sp³-hybridized carbons (Fsp3) is 0.333. The van der Waals surface area contributed by atoms with Gasteiger partial charge in [-0.2, -0.15) is 0 Å². The molecule has 0 radical (unpaired) electrons. The Balaban J connectivity index is 1.35. The topological polar surface area (TPSA) is 49.4 Å². The zero-order valence-electron chi connectivity index (χ0n) is 16.7. The molecule has 0 spiro atoms. The van der Waals surface area contributed by atoms with Crippen LogP contribution in [-0.4, -0.2) is 23.3 Å². The number of carbonyl (C=O) groups excluding carboxylic acids is 2. The van der Waals surface area contributed by atoms with Crippen LogP contribution in [0.4, 0.5) is 5.69 Å². The van der Waals surface area contributed by atoms with Gasteiger partial charge in [-0.05, 0) is 65.4 Å². The largest absolute Gasteiger partial charge is 0.333 e. The number of fused-ring (bicyclic) bond motifs is 1. The van der Waals surface area contributed by atoms with E-state index < -0.39 is 5.41 Å². The normalized spacial score (nSPS) is 17.5. The second kappa shape index (κ2) is 8.00. The third-order valence-corrected chi connectivity index (χ3v) is 8.31. The van der Waals surface area contributed by atoms with Crippen LogP contribution in [0.5, 0.6) is 0 Å². The molecular weight excluding hydrogens is 412 g/mol. The maximum Gasteiger partial charge on any atom is 0.264 e. The van der Waals surface area contributed by atoms with Gasteiger partial charge in [-0.25, -0.2) is 0 Å². The summed E-state index contributed by atoms with van der Waals surface area (Å²) in [5.41, 5.74) is 2.82. The van der Waals surface area contributed by atoms with Crippen molar-refractivity contribution in [3.63, 3.8) is 0 Å². The summed E-state index contributed by atoms with van der Waals surface area (Å²) in [6.07, 6.45) is 4.85. The number of amides is 2. The summed E-state index contributed by atoms with van der Waals surface area (Å²) in [5.74, 6) is 0.192. The van der Waals surface area contributed by atoms with Crippen LogP contribution in [0.2, 0.25) is 0 Å². The maximum atomic E-state index is 13.4. The SMILES string of the molecule is O=C(c1cccs1)N1CCc2ccc(NC(=O)C3(c4cccs4)CCCC3)cc2C1. The molecule has 0 atom stereocenters. The summed E-state index contributed by atoms with van der Waals surface area (Å²) in [6.45, 7) is 1.32. The molecule has 154 valence electrons. The number of nitrogens with one attached hydrogen (secondary N) is 1. The second-order valence-electron chi connectivity index (χ2n) is 8.16. The lowest BCUT2D eigenvalue weighted by molar-refractivity contribution is -0.121. The van der Waals surface area contributed by atoms with E-state index in [2.05, 4.69) is 28.9 Å². The first kappa shape index (κ1) is 19.5. The van der Waals surface area contributed by atoms with Crippen LogP contribution in [0.3, 0.4) is 0 Å². The summed E-state index contributed by atoms with van der Waals surface area (Å²) in [6, 6.07) is 14.1. The molecule has 2 aliphatic rings. The Hall–Kier alpha value is -2.44. The molecule has 1 fully saturated rings. The van der Waals surface area contributed by atoms with E-state index in [4.69, 9.17) is 0 Å². The molecule has 1 aliphatic heterocycles. The van der Waals surface area contributed by atoms with Crippen LogP contribution in [0, 0.1) is 0 Å². The number of hydrogen-bond donors (Lipinski definition) is 1. The molecule has 30 heavy (non-hydrogen) atoms. The molecule has 3 heterocycles. The number of carbonyl (C=O) groups is 2. The first-order valence-corrected chi connectivity index (χ1v) is 12.2. The van der Waals surface area contributed by atoms with Crippen molar-refractivity contribution >= 4 is 40.2 Å². The Kier molecular flexibility index (Phi) is 5.21. The minimum absolute atomic E-state index is 0.0905. The fourth-order valence-corrected chi connectivity index (χ4v) is 6.40. The number of nitrogens with zero attached hydrogens (tertiary/aromatic N) is 1. The van der Waals surface area contributed by atoms with Crippen molar-refractivity contribution in [2.24, 2.45) is 0 Å². The van der Waals surface area contributed by atoms with Crippen LogP contribution in [0.25, 0.3) is 0 Å².